The molecule has 192 valence electrons. The SMILES string of the molecule is CC(C)Oc1ccc(CCCNc2ccc(CNCCCO[PH](=O)O)cc2-c2ccco2)cc1C#N. The Morgan fingerprint density at radius 3 is 2.67 bits per heavy atom. The second-order valence-electron chi connectivity index (χ2n) is 8.64. The maximum atomic E-state index is 10.6. The number of furan rings is 1. The van der Waals surface area contributed by atoms with Crippen molar-refractivity contribution in [3.8, 4) is 23.1 Å². The monoisotopic (exact) mass is 511 g/mol. The maximum Gasteiger partial charge on any atom is 0.316 e. The summed E-state index contributed by atoms with van der Waals surface area (Å²) >= 11 is 0. The van der Waals surface area contributed by atoms with Gasteiger partial charge in [-0.25, -0.2) is 0 Å². The van der Waals surface area contributed by atoms with Gasteiger partial charge in [0.25, 0.3) is 0 Å². The Bertz CT molecular complexity index is 1160. The molecule has 3 N–H and O–H groups in total. The third-order valence-electron chi connectivity index (χ3n) is 5.41. The molecule has 1 aromatic heterocycles. The van der Waals surface area contributed by atoms with Crippen LogP contribution in [-0.2, 0) is 22.1 Å². The highest BCUT2D eigenvalue weighted by Gasteiger charge is 2.10. The molecule has 3 aromatic rings. The highest BCUT2D eigenvalue weighted by atomic mass is 31.1. The summed E-state index contributed by atoms with van der Waals surface area (Å²) in [5, 5.41) is 16.3. The van der Waals surface area contributed by atoms with Crippen LogP contribution in [0.25, 0.3) is 11.3 Å². The fraction of sp³-hybridized carbons (Fsp3) is 0.370. The molecule has 3 rings (SSSR count). The molecule has 0 bridgehead atoms. The molecule has 1 atom stereocenters. The minimum atomic E-state index is -2.86. The van der Waals surface area contributed by atoms with Crippen LogP contribution in [0, 0.1) is 11.3 Å². The highest BCUT2D eigenvalue weighted by Crippen LogP contribution is 2.30. The normalized spacial score (nSPS) is 11.9. The number of hydrogen-bond acceptors (Lipinski definition) is 7. The van der Waals surface area contributed by atoms with Crippen molar-refractivity contribution >= 4 is 13.9 Å². The smallest absolute Gasteiger partial charge is 0.316 e. The topological polar surface area (TPSA) is 117 Å². The molecule has 36 heavy (non-hydrogen) atoms. The third kappa shape index (κ3) is 8.85. The molecular weight excluding hydrogens is 477 g/mol. The summed E-state index contributed by atoms with van der Waals surface area (Å²) in [7, 11) is -2.86. The van der Waals surface area contributed by atoms with Gasteiger partial charge in [-0.15, -0.1) is 0 Å². The van der Waals surface area contributed by atoms with Gasteiger partial charge in [0.15, 0.2) is 0 Å². The van der Waals surface area contributed by atoms with E-state index in [-0.39, 0.29) is 12.7 Å². The van der Waals surface area contributed by atoms with Crippen molar-refractivity contribution < 1.29 is 23.1 Å². The second-order valence-corrected chi connectivity index (χ2v) is 9.46. The van der Waals surface area contributed by atoms with E-state index in [9.17, 15) is 9.83 Å². The van der Waals surface area contributed by atoms with Gasteiger partial charge < -0.3 is 29.2 Å². The van der Waals surface area contributed by atoms with Gasteiger partial charge in [-0.1, -0.05) is 12.1 Å². The lowest BCUT2D eigenvalue weighted by Crippen LogP contribution is -2.16. The molecular formula is C27H34N3O5P. The zero-order chi connectivity index (χ0) is 25.8. The number of ether oxygens (including phenoxy) is 1. The van der Waals surface area contributed by atoms with Crippen molar-refractivity contribution in [1.82, 2.24) is 5.32 Å². The van der Waals surface area contributed by atoms with Crippen molar-refractivity contribution in [2.24, 2.45) is 0 Å². The number of aryl methyl sites for hydroxylation is 1. The van der Waals surface area contributed by atoms with E-state index in [0.29, 0.717) is 30.8 Å². The first-order valence-electron chi connectivity index (χ1n) is 12.1. The first kappa shape index (κ1) is 27.5. The predicted octanol–water partition coefficient (Wildman–Crippen LogP) is 5.53. The first-order valence-corrected chi connectivity index (χ1v) is 13.4. The molecule has 2 aromatic carbocycles. The second kappa shape index (κ2) is 14.5. The van der Waals surface area contributed by atoms with Crippen LogP contribution in [-0.4, -0.2) is 30.7 Å². The van der Waals surface area contributed by atoms with Crippen LogP contribution >= 0.6 is 8.25 Å². The first-order chi connectivity index (χ1) is 17.5. The number of nitrogens with one attached hydrogen (secondary N) is 2. The molecule has 0 fully saturated rings. The summed E-state index contributed by atoms with van der Waals surface area (Å²) in [6, 6.07) is 18.1. The van der Waals surface area contributed by atoms with Crippen molar-refractivity contribution in [3.63, 3.8) is 0 Å². The Kier molecular flexibility index (Phi) is 11.1. The summed E-state index contributed by atoms with van der Waals surface area (Å²) in [6.07, 6.45) is 4.09. The third-order valence-corrected chi connectivity index (χ3v) is 5.86. The van der Waals surface area contributed by atoms with E-state index in [4.69, 9.17) is 18.6 Å². The van der Waals surface area contributed by atoms with Crippen LogP contribution in [0.5, 0.6) is 5.75 Å². The minimum absolute atomic E-state index is 0.0258. The lowest BCUT2D eigenvalue weighted by atomic mass is 10.0. The molecule has 0 saturated heterocycles. The molecule has 0 amide bonds. The van der Waals surface area contributed by atoms with E-state index < -0.39 is 8.25 Å². The van der Waals surface area contributed by atoms with Crippen LogP contribution in [0.4, 0.5) is 5.69 Å². The lowest BCUT2D eigenvalue weighted by Gasteiger charge is -2.14. The van der Waals surface area contributed by atoms with Crippen molar-refractivity contribution in [2.45, 2.75) is 45.8 Å². The summed E-state index contributed by atoms with van der Waals surface area (Å²) in [4.78, 5) is 8.70. The summed E-state index contributed by atoms with van der Waals surface area (Å²) in [6.45, 7) is 6.27. The van der Waals surface area contributed by atoms with Gasteiger partial charge in [0.05, 0.1) is 24.5 Å². The standard InChI is InChI=1S/C27H34N3O5P/c1-20(2)35-26-11-9-21(16-23(26)18-28)6-3-13-30-25-10-8-22(17-24(25)27-7-4-14-33-27)19-29-12-5-15-34-36(31)32/h4,7-11,14,16-17,20,29-30,36H,3,5-6,12-13,15,19H2,1-2H3,(H,31,32). The molecule has 1 unspecified atom stereocenters. The average Bonchev–Trinajstić information content (AvgIpc) is 3.39. The summed E-state index contributed by atoms with van der Waals surface area (Å²) < 4.78 is 26.7. The quantitative estimate of drug-likeness (QED) is 0.180. The van der Waals surface area contributed by atoms with E-state index in [0.717, 1.165) is 47.5 Å². The maximum absolute atomic E-state index is 10.6. The average molecular weight is 512 g/mol. The van der Waals surface area contributed by atoms with E-state index >= 15 is 0 Å². The van der Waals surface area contributed by atoms with Crippen LogP contribution in [0.3, 0.4) is 0 Å². The molecule has 8 nitrogen and oxygen atoms in total. The largest absolute Gasteiger partial charge is 0.490 e. The van der Waals surface area contributed by atoms with Crippen LogP contribution < -0.4 is 15.4 Å². The Morgan fingerprint density at radius 2 is 1.94 bits per heavy atom. The van der Waals surface area contributed by atoms with Gasteiger partial charge in [0, 0.05) is 24.3 Å². The zero-order valence-electron chi connectivity index (χ0n) is 20.8. The van der Waals surface area contributed by atoms with Gasteiger partial charge >= 0.3 is 8.25 Å². The van der Waals surface area contributed by atoms with E-state index in [2.05, 4.69) is 34.9 Å². The Labute approximate surface area is 213 Å². The predicted molar refractivity (Wildman–Crippen MR) is 141 cm³/mol. The van der Waals surface area contributed by atoms with E-state index in [1.807, 2.05) is 44.2 Å². The molecule has 0 aliphatic heterocycles. The number of benzene rings is 2. The summed E-state index contributed by atoms with van der Waals surface area (Å²) in [5.74, 6) is 1.42. The minimum Gasteiger partial charge on any atom is -0.490 e. The molecule has 0 saturated carbocycles. The lowest BCUT2D eigenvalue weighted by molar-refractivity contribution is 0.241. The molecule has 0 radical (unpaired) electrons. The molecule has 0 aliphatic carbocycles. The van der Waals surface area contributed by atoms with Crippen LogP contribution in [0.15, 0.2) is 59.2 Å². The zero-order valence-corrected chi connectivity index (χ0v) is 21.8. The van der Waals surface area contributed by atoms with Crippen molar-refractivity contribution in [3.05, 3.63) is 71.5 Å². The van der Waals surface area contributed by atoms with Gasteiger partial charge in [0.2, 0.25) is 0 Å². The van der Waals surface area contributed by atoms with Crippen LogP contribution in [0.1, 0.15) is 43.4 Å². The van der Waals surface area contributed by atoms with E-state index in [1.54, 1.807) is 6.26 Å². The van der Waals surface area contributed by atoms with E-state index in [1.165, 1.54) is 0 Å². The fourth-order valence-corrected chi connectivity index (χ4v) is 4.09. The number of nitrogens with zero attached hydrogens (tertiary/aromatic N) is 1. The summed E-state index contributed by atoms with van der Waals surface area (Å²) in [5.41, 5.74) is 4.76. The van der Waals surface area contributed by atoms with Gasteiger partial charge in [-0.3, -0.25) is 4.57 Å². The van der Waals surface area contributed by atoms with Gasteiger partial charge in [-0.2, -0.15) is 5.26 Å². The molecule has 1 heterocycles. The van der Waals surface area contributed by atoms with Crippen molar-refractivity contribution in [2.75, 3.05) is 25.0 Å². The van der Waals surface area contributed by atoms with Gasteiger partial charge in [-0.05, 0) is 87.2 Å². The molecule has 9 heteroatoms. The Hall–Kier alpha value is -3.08. The fourth-order valence-electron chi connectivity index (χ4n) is 3.77. The number of nitriles is 1. The molecule has 0 aliphatic rings. The van der Waals surface area contributed by atoms with Crippen LogP contribution in [0.2, 0.25) is 0 Å². The Morgan fingerprint density at radius 1 is 1.11 bits per heavy atom. The number of hydrogen-bond donors (Lipinski definition) is 3. The highest BCUT2D eigenvalue weighted by molar-refractivity contribution is 7.32. The number of anilines is 1. The van der Waals surface area contributed by atoms with Gasteiger partial charge in [0.1, 0.15) is 17.6 Å². The number of rotatable bonds is 15. The molecule has 0 spiro atoms. The van der Waals surface area contributed by atoms with Crippen molar-refractivity contribution in [1.29, 1.82) is 5.26 Å². The Balaban J connectivity index is 1.55.